The third-order valence-electron chi connectivity index (χ3n) is 4.72. The van der Waals surface area contributed by atoms with Crippen molar-refractivity contribution in [3.05, 3.63) is 22.4 Å². The van der Waals surface area contributed by atoms with Crippen molar-refractivity contribution in [2.45, 2.75) is 58.7 Å². The highest BCUT2D eigenvalue weighted by molar-refractivity contribution is 7.59. The van der Waals surface area contributed by atoms with Crippen LogP contribution in [-0.2, 0) is 14.3 Å². The highest BCUT2D eigenvalue weighted by atomic mass is 32.1. The predicted octanol–water partition coefficient (Wildman–Crippen LogP) is 2.71. The van der Waals surface area contributed by atoms with Gasteiger partial charge < -0.3 is 15.0 Å². The monoisotopic (exact) mass is 448 g/mol. The first-order valence-corrected chi connectivity index (χ1v) is 9.69. The number of carbonyl (C=O) groups is 3. The summed E-state index contributed by atoms with van der Waals surface area (Å²) in [6.45, 7) is 4.65. The van der Waals surface area contributed by atoms with E-state index in [1.54, 1.807) is 16.3 Å². The number of thiophene rings is 1. The van der Waals surface area contributed by atoms with E-state index in [1.807, 2.05) is 19.2 Å². The molecule has 2 aliphatic rings. The quantitative estimate of drug-likeness (QED) is 0.751. The number of piperidine rings is 1. The topological polar surface area (TPSA) is 75.7 Å². The molecule has 6 nitrogen and oxygen atoms in total. The minimum absolute atomic E-state index is 0. The Morgan fingerprint density at radius 2 is 2.07 bits per heavy atom. The van der Waals surface area contributed by atoms with E-state index in [0.717, 1.165) is 12.8 Å². The summed E-state index contributed by atoms with van der Waals surface area (Å²) in [6.07, 6.45) is 1.96. The number of Topliss-reactive ketones (excluding diaryl/α,β-unsaturated/α-hetero) is 1. The normalized spacial score (nSPS) is 21.7. The molecule has 3 atom stereocenters. The standard InChI is InChI=1S/C18H24N2O4S.CH4.2H2S/c1-11(2)8-13(19-17(22)12-5-7-25-10-12)18(23)20-6-3-4-15-16(20)14(21)9-24-15;;;/h5,7,10-11,13,15-16H,3-4,6,8-9H2,1-2H3,(H,19,22);1H4;2*1H2/t13-,15+,16+;;;/m0.../s1. The molecule has 1 aromatic heterocycles. The van der Waals surface area contributed by atoms with Gasteiger partial charge in [-0.3, -0.25) is 14.4 Å². The minimum atomic E-state index is -0.625. The van der Waals surface area contributed by atoms with Crippen molar-refractivity contribution in [3.63, 3.8) is 0 Å². The minimum Gasteiger partial charge on any atom is -0.368 e. The summed E-state index contributed by atoms with van der Waals surface area (Å²) in [5.74, 6) is -0.216. The van der Waals surface area contributed by atoms with Gasteiger partial charge in [0.15, 0.2) is 5.78 Å². The van der Waals surface area contributed by atoms with E-state index in [4.69, 9.17) is 4.74 Å². The summed E-state index contributed by atoms with van der Waals surface area (Å²) in [7, 11) is 0. The van der Waals surface area contributed by atoms with Crippen molar-refractivity contribution in [1.82, 2.24) is 10.2 Å². The van der Waals surface area contributed by atoms with Crippen molar-refractivity contribution in [3.8, 4) is 0 Å². The molecule has 2 saturated heterocycles. The van der Waals surface area contributed by atoms with Gasteiger partial charge >= 0.3 is 0 Å². The fraction of sp³-hybridized carbons (Fsp3) is 0.632. The van der Waals surface area contributed by atoms with Crippen molar-refractivity contribution >= 4 is 55.9 Å². The first-order valence-electron chi connectivity index (χ1n) is 8.75. The second kappa shape index (κ2) is 11.8. The Morgan fingerprint density at radius 1 is 1.36 bits per heavy atom. The maximum absolute atomic E-state index is 13.1. The number of ketones is 1. The first kappa shape index (κ1) is 27.0. The molecule has 2 fully saturated rings. The van der Waals surface area contributed by atoms with Crippen LogP contribution in [0.4, 0.5) is 0 Å². The number of rotatable bonds is 5. The van der Waals surface area contributed by atoms with Gasteiger partial charge in [0.25, 0.3) is 5.91 Å². The molecular weight excluding hydrogens is 416 g/mol. The molecule has 0 radical (unpaired) electrons. The number of fused-ring (bicyclic) bond motifs is 1. The van der Waals surface area contributed by atoms with Gasteiger partial charge in [-0.25, -0.2) is 0 Å². The molecule has 9 heteroatoms. The number of nitrogens with one attached hydrogen (secondary N) is 1. The third kappa shape index (κ3) is 5.98. The van der Waals surface area contributed by atoms with Gasteiger partial charge in [0.1, 0.15) is 18.7 Å². The van der Waals surface area contributed by atoms with Gasteiger partial charge in [-0.15, -0.1) is 0 Å². The van der Waals surface area contributed by atoms with E-state index in [-0.39, 0.29) is 70.6 Å². The Bertz CT molecular complexity index is 652. The molecular formula is C19H32N2O4S3. The lowest BCUT2D eigenvalue weighted by Crippen LogP contribution is -2.58. The zero-order valence-corrected chi connectivity index (χ0v) is 18.4. The van der Waals surface area contributed by atoms with Crippen LogP contribution in [0.3, 0.4) is 0 Å². The second-order valence-corrected chi connectivity index (χ2v) is 7.88. The SMILES string of the molecule is C.CC(C)C[C@H](NC(=O)c1ccsc1)C(=O)N1CCC[C@H]2OCC(=O)[C@H]21.S.S. The highest BCUT2D eigenvalue weighted by Crippen LogP contribution is 2.27. The van der Waals surface area contributed by atoms with Crippen molar-refractivity contribution in [1.29, 1.82) is 0 Å². The van der Waals surface area contributed by atoms with E-state index in [0.29, 0.717) is 18.5 Å². The van der Waals surface area contributed by atoms with Gasteiger partial charge in [-0.05, 0) is 36.6 Å². The predicted molar refractivity (Wildman–Crippen MR) is 122 cm³/mol. The molecule has 2 aliphatic heterocycles. The van der Waals surface area contributed by atoms with Crippen LogP contribution in [0.15, 0.2) is 16.8 Å². The molecule has 160 valence electrons. The fourth-order valence-electron chi connectivity index (χ4n) is 3.57. The Kier molecular flexibility index (Phi) is 11.4. The van der Waals surface area contributed by atoms with Crippen LogP contribution >= 0.6 is 38.3 Å². The van der Waals surface area contributed by atoms with Gasteiger partial charge in [-0.1, -0.05) is 21.3 Å². The Labute approximate surface area is 185 Å². The molecule has 1 N–H and O–H groups in total. The van der Waals surface area contributed by atoms with E-state index in [2.05, 4.69) is 5.32 Å². The second-order valence-electron chi connectivity index (χ2n) is 7.10. The number of ether oxygens (including phenoxy) is 1. The summed E-state index contributed by atoms with van der Waals surface area (Å²) in [5.41, 5.74) is 0.559. The average Bonchev–Trinajstić information content (AvgIpc) is 3.23. The summed E-state index contributed by atoms with van der Waals surface area (Å²) >= 11 is 1.44. The van der Waals surface area contributed by atoms with E-state index >= 15 is 0 Å². The van der Waals surface area contributed by atoms with Gasteiger partial charge in [0.05, 0.1) is 11.7 Å². The Balaban J connectivity index is 0.00000243. The Morgan fingerprint density at radius 3 is 2.68 bits per heavy atom. The molecule has 1 aromatic rings. The molecule has 0 unspecified atom stereocenters. The van der Waals surface area contributed by atoms with Crippen molar-refractivity contribution < 1.29 is 19.1 Å². The van der Waals surface area contributed by atoms with E-state index in [9.17, 15) is 14.4 Å². The fourth-order valence-corrected chi connectivity index (χ4v) is 4.20. The lowest BCUT2D eigenvalue weighted by Gasteiger charge is -2.37. The summed E-state index contributed by atoms with van der Waals surface area (Å²) in [6, 6.07) is 0.621. The highest BCUT2D eigenvalue weighted by Gasteiger charge is 2.45. The van der Waals surface area contributed by atoms with Crippen LogP contribution in [0.1, 0.15) is 50.9 Å². The van der Waals surface area contributed by atoms with Gasteiger partial charge in [-0.2, -0.15) is 38.3 Å². The first-order chi connectivity index (χ1) is 12.0. The van der Waals surface area contributed by atoms with E-state index < -0.39 is 12.1 Å². The smallest absolute Gasteiger partial charge is 0.252 e. The third-order valence-corrected chi connectivity index (χ3v) is 5.41. The van der Waals surface area contributed by atoms with Crippen LogP contribution in [0.2, 0.25) is 0 Å². The van der Waals surface area contributed by atoms with Crippen LogP contribution < -0.4 is 5.32 Å². The number of hydrogen-bond acceptors (Lipinski definition) is 5. The lowest BCUT2D eigenvalue weighted by molar-refractivity contribution is -0.142. The molecule has 0 aliphatic carbocycles. The number of hydrogen-bond donors (Lipinski definition) is 1. The number of likely N-dealkylation sites (tertiary alicyclic amines) is 1. The number of carbonyl (C=O) groups excluding carboxylic acids is 3. The van der Waals surface area contributed by atoms with Gasteiger partial charge in [0, 0.05) is 11.9 Å². The molecule has 0 aromatic carbocycles. The van der Waals surface area contributed by atoms with Crippen molar-refractivity contribution in [2.24, 2.45) is 5.92 Å². The lowest BCUT2D eigenvalue weighted by atomic mass is 9.95. The van der Waals surface area contributed by atoms with Crippen LogP contribution in [-0.4, -0.2) is 53.8 Å². The van der Waals surface area contributed by atoms with Crippen LogP contribution in [0.5, 0.6) is 0 Å². The molecule has 0 spiro atoms. The van der Waals surface area contributed by atoms with Crippen LogP contribution in [0, 0.1) is 5.92 Å². The largest absolute Gasteiger partial charge is 0.368 e. The van der Waals surface area contributed by atoms with Crippen LogP contribution in [0.25, 0.3) is 0 Å². The molecule has 0 saturated carbocycles. The average molecular weight is 449 g/mol. The number of amides is 2. The van der Waals surface area contributed by atoms with Crippen molar-refractivity contribution in [2.75, 3.05) is 13.2 Å². The maximum Gasteiger partial charge on any atom is 0.252 e. The molecule has 3 rings (SSSR count). The molecule has 28 heavy (non-hydrogen) atoms. The number of nitrogens with zero attached hydrogens (tertiary/aromatic N) is 1. The maximum atomic E-state index is 13.1. The molecule has 3 heterocycles. The Hall–Kier alpha value is -1.03. The van der Waals surface area contributed by atoms with E-state index in [1.165, 1.54) is 11.3 Å². The zero-order chi connectivity index (χ0) is 18.0. The zero-order valence-electron chi connectivity index (χ0n) is 15.6. The van der Waals surface area contributed by atoms with Gasteiger partial charge in [0.2, 0.25) is 5.91 Å². The molecule has 0 bridgehead atoms. The summed E-state index contributed by atoms with van der Waals surface area (Å²) in [4.78, 5) is 39.3. The molecule has 2 amide bonds. The summed E-state index contributed by atoms with van der Waals surface area (Å²) < 4.78 is 5.52. The summed E-state index contributed by atoms with van der Waals surface area (Å²) in [5, 5.41) is 6.46.